The van der Waals surface area contributed by atoms with Crippen molar-refractivity contribution in [3.05, 3.63) is 46.3 Å². The second kappa shape index (κ2) is 4.68. The summed E-state index contributed by atoms with van der Waals surface area (Å²) < 4.78 is 0. The number of carbonyl (C=O) groups is 1. The summed E-state index contributed by atoms with van der Waals surface area (Å²) in [6.45, 7) is 1.10. The van der Waals surface area contributed by atoms with E-state index in [2.05, 4.69) is 10.0 Å². The van der Waals surface area contributed by atoms with Gasteiger partial charge in [-0.05, 0) is 11.1 Å². The van der Waals surface area contributed by atoms with Crippen LogP contribution in [0.2, 0.25) is 0 Å². The summed E-state index contributed by atoms with van der Waals surface area (Å²) in [5.74, 6) is 0.0931. The fourth-order valence-corrected chi connectivity index (χ4v) is 1.69. The quantitative estimate of drug-likeness (QED) is 0.431. The van der Waals surface area contributed by atoms with Gasteiger partial charge in [0.15, 0.2) is 0 Å². The van der Waals surface area contributed by atoms with Gasteiger partial charge in [-0.3, -0.25) is 4.79 Å². The molecule has 1 saturated heterocycles. The molecule has 1 amide bonds. The molecule has 1 aromatic carbocycles. The van der Waals surface area contributed by atoms with E-state index >= 15 is 0 Å². The van der Waals surface area contributed by atoms with Gasteiger partial charge in [-0.1, -0.05) is 35.4 Å². The minimum absolute atomic E-state index is 0.0373. The van der Waals surface area contributed by atoms with Gasteiger partial charge in [-0.2, -0.15) is 0 Å². The van der Waals surface area contributed by atoms with Crippen molar-refractivity contribution in [2.45, 2.75) is 12.5 Å². The number of rotatable bonds is 3. The summed E-state index contributed by atoms with van der Waals surface area (Å²) in [6, 6.07) is 9.59. The number of amides is 1. The van der Waals surface area contributed by atoms with Crippen LogP contribution in [0.25, 0.3) is 10.4 Å². The fraction of sp³-hybridized carbons (Fsp3) is 0.364. The van der Waals surface area contributed by atoms with Crippen molar-refractivity contribution in [3.63, 3.8) is 0 Å². The molecule has 1 aromatic rings. The van der Waals surface area contributed by atoms with Crippen molar-refractivity contribution >= 4 is 5.91 Å². The van der Waals surface area contributed by atoms with Gasteiger partial charge in [0.05, 0.1) is 12.5 Å². The van der Waals surface area contributed by atoms with Crippen LogP contribution in [0, 0.1) is 0 Å². The van der Waals surface area contributed by atoms with Crippen LogP contribution >= 0.6 is 0 Å². The third-order valence-electron chi connectivity index (χ3n) is 2.63. The first-order chi connectivity index (χ1) is 7.79. The molecule has 82 valence electrons. The van der Waals surface area contributed by atoms with Gasteiger partial charge < -0.3 is 4.90 Å². The first kappa shape index (κ1) is 10.5. The SMILES string of the molecule is [N-]=[N+]=NC1CN(C(=O)Cc2ccccc2)C1. The van der Waals surface area contributed by atoms with Gasteiger partial charge in [-0.15, -0.1) is 0 Å². The molecule has 1 fully saturated rings. The molecular formula is C11H12N4O. The van der Waals surface area contributed by atoms with Crippen LogP contribution in [-0.2, 0) is 11.2 Å². The number of nitrogens with zero attached hydrogens (tertiary/aromatic N) is 4. The lowest BCUT2D eigenvalue weighted by Gasteiger charge is -2.36. The Bertz CT molecular complexity index is 419. The number of hydrogen-bond donors (Lipinski definition) is 0. The second-order valence-corrected chi connectivity index (χ2v) is 3.82. The standard InChI is InChI=1S/C11H12N4O/c12-14-13-10-7-15(8-10)11(16)6-9-4-2-1-3-5-9/h1-5,10H,6-8H2. The largest absolute Gasteiger partial charge is 0.341 e. The van der Waals surface area contributed by atoms with Crippen LogP contribution in [-0.4, -0.2) is 29.9 Å². The Labute approximate surface area is 93.3 Å². The molecule has 0 spiro atoms. The molecule has 0 N–H and O–H groups in total. The molecule has 1 aliphatic rings. The Hall–Kier alpha value is -2.00. The van der Waals surface area contributed by atoms with Crippen LogP contribution in [0.3, 0.4) is 0 Å². The lowest BCUT2D eigenvalue weighted by molar-refractivity contribution is -0.134. The molecule has 1 aliphatic heterocycles. The van der Waals surface area contributed by atoms with E-state index in [1.807, 2.05) is 30.3 Å². The molecule has 2 rings (SSSR count). The van der Waals surface area contributed by atoms with E-state index in [1.54, 1.807) is 4.90 Å². The van der Waals surface area contributed by atoms with Crippen molar-refractivity contribution < 1.29 is 4.79 Å². The average Bonchev–Trinajstić information content (AvgIpc) is 2.24. The highest BCUT2D eigenvalue weighted by Gasteiger charge is 2.29. The summed E-state index contributed by atoms with van der Waals surface area (Å²) in [5, 5.41) is 3.56. The first-order valence-corrected chi connectivity index (χ1v) is 5.15. The third kappa shape index (κ3) is 2.32. The normalized spacial score (nSPS) is 15.1. The zero-order valence-electron chi connectivity index (χ0n) is 8.78. The van der Waals surface area contributed by atoms with E-state index in [1.165, 1.54) is 0 Å². The predicted octanol–water partition coefficient (Wildman–Crippen LogP) is 1.75. The summed E-state index contributed by atoms with van der Waals surface area (Å²) >= 11 is 0. The van der Waals surface area contributed by atoms with Crippen molar-refractivity contribution in [2.75, 3.05) is 13.1 Å². The molecule has 0 aliphatic carbocycles. The minimum atomic E-state index is -0.0373. The summed E-state index contributed by atoms with van der Waals surface area (Å²) in [4.78, 5) is 16.2. The van der Waals surface area contributed by atoms with Crippen LogP contribution in [0.15, 0.2) is 35.4 Å². The molecule has 0 unspecified atom stereocenters. The maximum atomic E-state index is 11.7. The van der Waals surface area contributed by atoms with Gasteiger partial charge in [-0.25, -0.2) is 0 Å². The molecule has 0 saturated carbocycles. The average molecular weight is 216 g/mol. The minimum Gasteiger partial charge on any atom is -0.341 e. The lowest BCUT2D eigenvalue weighted by Crippen LogP contribution is -2.53. The highest BCUT2D eigenvalue weighted by molar-refractivity contribution is 5.79. The second-order valence-electron chi connectivity index (χ2n) is 3.82. The van der Waals surface area contributed by atoms with Crippen molar-refractivity contribution in [2.24, 2.45) is 5.11 Å². The molecule has 0 aromatic heterocycles. The molecule has 16 heavy (non-hydrogen) atoms. The molecule has 5 heteroatoms. The lowest BCUT2D eigenvalue weighted by atomic mass is 10.1. The molecule has 0 bridgehead atoms. The monoisotopic (exact) mass is 216 g/mol. The van der Waals surface area contributed by atoms with E-state index in [-0.39, 0.29) is 11.9 Å². The van der Waals surface area contributed by atoms with Gasteiger partial charge >= 0.3 is 0 Å². The third-order valence-corrected chi connectivity index (χ3v) is 2.63. The van der Waals surface area contributed by atoms with Gasteiger partial charge in [0.25, 0.3) is 0 Å². The van der Waals surface area contributed by atoms with Crippen LogP contribution in [0.1, 0.15) is 5.56 Å². The van der Waals surface area contributed by atoms with Gasteiger partial charge in [0, 0.05) is 18.0 Å². The first-order valence-electron chi connectivity index (χ1n) is 5.15. The summed E-state index contributed by atoms with van der Waals surface area (Å²) in [5.41, 5.74) is 9.23. The van der Waals surface area contributed by atoms with Crippen LogP contribution < -0.4 is 0 Å². The summed E-state index contributed by atoms with van der Waals surface area (Å²) in [6.07, 6.45) is 0.420. The van der Waals surface area contributed by atoms with Crippen LogP contribution in [0.5, 0.6) is 0 Å². The predicted molar refractivity (Wildman–Crippen MR) is 59.7 cm³/mol. The van der Waals surface area contributed by atoms with E-state index in [0.717, 1.165) is 5.56 Å². The maximum Gasteiger partial charge on any atom is 0.227 e. The highest BCUT2D eigenvalue weighted by Crippen LogP contribution is 2.13. The number of likely N-dealkylation sites (tertiary alicyclic amines) is 1. The van der Waals surface area contributed by atoms with Gasteiger partial charge in [0.2, 0.25) is 5.91 Å². The Kier molecular flexibility index (Phi) is 3.08. The molecule has 0 atom stereocenters. The van der Waals surface area contributed by atoms with E-state index < -0.39 is 0 Å². The van der Waals surface area contributed by atoms with Crippen LogP contribution in [0.4, 0.5) is 0 Å². The highest BCUT2D eigenvalue weighted by atomic mass is 16.2. The fourth-order valence-electron chi connectivity index (χ4n) is 1.69. The number of carbonyl (C=O) groups excluding carboxylic acids is 1. The molecule has 5 nitrogen and oxygen atoms in total. The van der Waals surface area contributed by atoms with E-state index in [9.17, 15) is 4.79 Å². The van der Waals surface area contributed by atoms with E-state index in [0.29, 0.717) is 19.5 Å². The maximum absolute atomic E-state index is 11.7. The Morgan fingerprint density at radius 2 is 2.12 bits per heavy atom. The van der Waals surface area contributed by atoms with Crippen molar-refractivity contribution in [1.82, 2.24) is 4.90 Å². The smallest absolute Gasteiger partial charge is 0.227 e. The summed E-state index contributed by atoms with van der Waals surface area (Å²) in [7, 11) is 0. The van der Waals surface area contributed by atoms with Gasteiger partial charge in [0.1, 0.15) is 0 Å². The number of hydrogen-bond acceptors (Lipinski definition) is 2. The Morgan fingerprint density at radius 1 is 1.44 bits per heavy atom. The Balaban J connectivity index is 1.85. The topological polar surface area (TPSA) is 69.1 Å². The molecule has 1 heterocycles. The number of benzene rings is 1. The van der Waals surface area contributed by atoms with Crippen molar-refractivity contribution in [1.29, 1.82) is 0 Å². The zero-order valence-corrected chi connectivity index (χ0v) is 8.78. The molecular weight excluding hydrogens is 204 g/mol. The van der Waals surface area contributed by atoms with E-state index in [4.69, 9.17) is 5.53 Å². The molecule has 0 radical (unpaired) electrons. The zero-order chi connectivity index (χ0) is 11.4. The Morgan fingerprint density at radius 3 is 2.75 bits per heavy atom. The van der Waals surface area contributed by atoms with Crippen molar-refractivity contribution in [3.8, 4) is 0 Å². The number of azide groups is 1.